The first-order valence-corrected chi connectivity index (χ1v) is 6.54. The number of imidazole rings is 1. The van der Waals surface area contributed by atoms with Crippen molar-refractivity contribution >= 4 is 0 Å². The van der Waals surface area contributed by atoms with Crippen molar-refractivity contribution in [2.24, 2.45) is 5.41 Å². The molecule has 1 aliphatic carbocycles. The summed E-state index contributed by atoms with van der Waals surface area (Å²) in [6.07, 6.45) is 9.63. The number of hydrogen-bond acceptors (Lipinski definition) is 2. The number of nitrogens with zero attached hydrogens (tertiary/aromatic N) is 2. The molecule has 2 heterocycles. The van der Waals surface area contributed by atoms with Crippen LogP contribution in [0.1, 0.15) is 44.2 Å². The van der Waals surface area contributed by atoms with E-state index in [1.165, 1.54) is 37.9 Å². The lowest BCUT2D eigenvalue weighted by molar-refractivity contribution is 0.360. The van der Waals surface area contributed by atoms with Gasteiger partial charge in [0, 0.05) is 37.4 Å². The van der Waals surface area contributed by atoms with Gasteiger partial charge < -0.3 is 9.88 Å². The predicted octanol–water partition coefficient (Wildman–Crippen LogP) is 2.15. The fraction of sp³-hybridized carbons (Fsp3) is 0.769. The molecule has 0 unspecified atom stereocenters. The molecule has 0 bridgehead atoms. The summed E-state index contributed by atoms with van der Waals surface area (Å²) in [6.45, 7) is 5.76. The highest BCUT2D eigenvalue weighted by atomic mass is 15.1. The SMILES string of the molecule is CCCC1(Cn2cncc2C2CNC2)CC1. The molecule has 0 amide bonds. The van der Waals surface area contributed by atoms with E-state index in [-0.39, 0.29) is 0 Å². The van der Waals surface area contributed by atoms with E-state index in [1.807, 2.05) is 6.33 Å². The first-order chi connectivity index (χ1) is 7.83. The minimum atomic E-state index is 0.626. The van der Waals surface area contributed by atoms with Crippen molar-refractivity contribution < 1.29 is 0 Å². The van der Waals surface area contributed by atoms with E-state index in [9.17, 15) is 0 Å². The van der Waals surface area contributed by atoms with Crippen molar-refractivity contribution in [3.05, 3.63) is 18.2 Å². The van der Waals surface area contributed by atoms with Crippen LogP contribution in [0.15, 0.2) is 12.5 Å². The molecule has 88 valence electrons. The summed E-state index contributed by atoms with van der Waals surface area (Å²) in [4.78, 5) is 4.33. The monoisotopic (exact) mass is 219 g/mol. The van der Waals surface area contributed by atoms with Gasteiger partial charge in [0.25, 0.3) is 0 Å². The maximum absolute atomic E-state index is 4.33. The molecule has 1 saturated carbocycles. The lowest BCUT2D eigenvalue weighted by atomic mass is 9.97. The molecule has 2 fully saturated rings. The molecule has 1 aromatic rings. The second-order valence-corrected chi connectivity index (χ2v) is 5.55. The van der Waals surface area contributed by atoms with Crippen LogP contribution in [0.25, 0.3) is 0 Å². The largest absolute Gasteiger partial charge is 0.334 e. The smallest absolute Gasteiger partial charge is 0.0948 e. The Morgan fingerprint density at radius 3 is 2.88 bits per heavy atom. The molecule has 0 spiro atoms. The minimum absolute atomic E-state index is 0.626. The van der Waals surface area contributed by atoms with E-state index in [0.29, 0.717) is 11.3 Å². The average Bonchev–Trinajstić information content (AvgIpc) is 2.79. The lowest BCUT2D eigenvalue weighted by Crippen LogP contribution is -2.41. The molecule has 2 aliphatic rings. The van der Waals surface area contributed by atoms with Crippen LogP contribution in [-0.4, -0.2) is 22.6 Å². The highest BCUT2D eigenvalue weighted by molar-refractivity contribution is 5.12. The third-order valence-electron chi connectivity index (χ3n) is 4.19. The Labute approximate surface area is 97.3 Å². The van der Waals surface area contributed by atoms with Crippen molar-refractivity contribution in [3.8, 4) is 0 Å². The fourth-order valence-corrected chi connectivity index (χ4v) is 2.86. The zero-order valence-electron chi connectivity index (χ0n) is 10.1. The summed E-state index contributed by atoms with van der Waals surface area (Å²) in [6, 6.07) is 0. The van der Waals surface area contributed by atoms with Crippen LogP contribution in [0.3, 0.4) is 0 Å². The van der Waals surface area contributed by atoms with Gasteiger partial charge in [-0.15, -0.1) is 0 Å². The Hall–Kier alpha value is -0.830. The van der Waals surface area contributed by atoms with E-state index in [1.54, 1.807) is 0 Å². The van der Waals surface area contributed by atoms with Crippen LogP contribution in [0.2, 0.25) is 0 Å². The fourth-order valence-electron chi connectivity index (χ4n) is 2.86. The van der Waals surface area contributed by atoms with Crippen LogP contribution in [0.4, 0.5) is 0 Å². The summed E-state index contributed by atoms with van der Waals surface area (Å²) in [5, 5.41) is 3.34. The molecule has 1 aromatic heterocycles. The maximum Gasteiger partial charge on any atom is 0.0948 e. The molecule has 3 nitrogen and oxygen atoms in total. The predicted molar refractivity (Wildman–Crippen MR) is 64.4 cm³/mol. The highest BCUT2D eigenvalue weighted by Gasteiger charge is 2.42. The van der Waals surface area contributed by atoms with Crippen molar-refractivity contribution in [2.75, 3.05) is 13.1 Å². The van der Waals surface area contributed by atoms with Crippen LogP contribution in [0, 0.1) is 5.41 Å². The lowest BCUT2D eigenvalue weighted by Gasteiger charge is -2.29. The van der Waals surface area contributed by atoms with E-state index < -0.39 is 0 Å². The molecule has 1 aliphatic heterocycles. The first kappa shape index (κ1) is 10.3. The van der Waals surface area contributed by atoms with Crippen molar-refractivity contribution in [3.63, 3.8) is 0 Å². The Balaban J connectivity index is 1.72. The molecule has 3 heteroatoms. The maximum atomic E-state index is 4.33. The molecule has 0 aromatic carbocycles. The number of nitrogens with one attached hydrogen (secondary N) is 1. The first-order valence-electron chi connectivity index (χ1n) is 6.54. The van der Waals surface area contributed by atoms with E-state index in [2.05, 4.69) is 28.0 Å². The van der Waals surface area contributed by atoms with Gasteiger partial charge in [-0.05, 0) is 24.7 Å². The van der Waals surface area contributed by atoms with Gasteiger partial charge in [-0.25, -0.2) is 4.98 Å². The van der Waals surface area contributed by atoms with Gasteiger partial charge in [-0.1, -0.05) is 13.3 Å². The van der Waals surface area contributed by atoms with Gasteiger partial charge in [0.05, 0.1) is 6.33 Å². The quantitative estimate of drug-likeness (QED) is 0.822. The van der Waals surface area contributed by atoms with E-state index >= 15 is 0 Å². The number of hydrogen-bond donors (Lipinski definition) is 1. The Bertz CT molecular complexity index is 361. The third-order valence-corrected chi connectivity index (χ3v) is 4.19. The molecule has 0 atom stereocenters. The van der Waals surface area contributed by atoms with Gasteiger partial charge in [-0.2, -0.15) is 0 Å². The standard InChI is InChI=1S/C13H21N3/c1-2-3-13(4-5-13)9-16-10-15-8-12(16)11-6-14-7-11/h8,10-11,14H,2-7,9H2,1H3. The zero-order chi connectivity index (χ0) is 11.0. The second kappa shape index (κ2) is 3.88. The molecule has 1 N–H and O–H groups in total. The molecule has 0 radical (unpaired) electrons. The molecule has 1 saturated heterocycles. The number of aromatic nitrogens is 2. The van der Waals surface area contributed by atoms with Gasteiger partial charge in [0.1, 0.15) is 0 Å². The van der Waals surface area contributed by atoms with Crippen LogP contribution in [-0.2, 0) is 6.54 Å². The second-order valence-electron chi connectivity index (χ2n) is 5.55. The Morgan fingerprint density at radius 1 is 1.50 bits per heavy atom. The van der Waals surface area contributed by atoms with E-state index in [0.717, 1.165) is 13.1 Å². The average molecular weight is 219 g/mol. The Kier molecular flexibility index (Phi) is 2.51. The molecular weight excluding hydrogens is 198 g/mol. The summed E-state index contributed by atoms with van der Waals surface area (Å²) in [7, 11) is 0. The van der Waals surface area contributed by atoms with Crippen LogP contribution in [0.5, 0.6) is 0 Å². The van der Waals surface area contributed by atoms with Crippen molar-refractivity contribution in [2.45, 2.75) is 45.1 Å². The normalized spacial score (nSPS) is 23.1. The van der Waals surface area contributed by atoms with Gasteiger partial charge >= 0.3 is 0 Å². The van der Waals surface area contributed by atoms with Crippen LogP contribution < -0.4 is 5.32 Å². The van der Waals surface area contributed by atoms with E-state index in [4.69, 9.17) is 0 Å². The number of rotatable bonds is 5. The molecule has 3 rings (SSSR count). The third kappa shape index (κ3) is 1.77. The summed E-state index contributed by atoms with van der Waals surface area (Å²) in [5.41, 5.74) is 2.07. The summed E-state index contributed by atoms with van der Waals surface area (Å²) < 4.78 is 2.41. The Morgan fingerprint density at radius 2 is 2.31 bits per heavy atom. The van der Waals surface area contributed by atoms with Crippen molar-refractivity contribution in [1.82, 2.24) is 14.9 Å². The molecule has 16 heavy (non-hydrogen) atoms. The summed E-state index contributed by atoms with van der Waals surface area (Å²) >= 11 is 0. The van der Waals surface area contributed by atoms with Crippen molar-refractivity contribution in [1.29, 1.82) is 0 Å². The highest BCUT2D eigenvalue weighted by Crippen LogP contribution is 2.51. The minimum Gasteiger partial charge on any atom is -0.334 e. The summed E-state index contributed by atoms with van der Waals surface area (Å²) in [5.74, 6) is 0.708. The zero-order valence-corrected chi connectivity index (χ0v) is 10.1. The van der Waals surface area contributed by atoms with Gasteiger partial charge in [0.15, 0.2) is 0 Å². The van der Waals surface area contributed by atoms with Gasteiger partial charge in [0.2, 0.25) is 0 Å². The molecular formula is C13H21N3. The van der Waals surface area contributed by atoms with Crippen LogP contribution >= 0.6 is 0 Å². The van der Waals surface area contributed by atoms with Gasteiger partial charge in [-0.3, -0.25) is 0 Å². The topological polar surface area (TPSA) is 29.9 Å².